The Morgan fingerprint density at radius 1 is 1.33 bits per heavy atom. The molecular formula is C12H10ClN3OS. The van der Waals surface area contributed by atoms with Crippen molar-refractivity contribution < 1.29 is 5.11 Å². The van der Waals surface area contributed by atoms with Gasteiger partial charge in [-0.1, -0.05) is 11.6 Å². The number of nitrogens with zero attached hydrogens (tertiary/aromatic N) is 3. The molecule has 0 unspecified atom stereocenters. The van der Waals surface area contributed by atoms with Gasteiger partial charge in [-0.05, 0) is 24.3 Å². The molecule has 3 aromatic heterocycles. The van der Waals surface area contributed by atoms with Gasteiger partial charge in [-0.15, -0.1) is 11.3 Å². The number of aliphatic hydroxyl groups excluding tert-OH is 1. The Morgan fingerprint density at radius 3 is 2.94 bits per heavy atom. The molecule has 4 nitrogen and oxygen atoms in total. The number of fused-ring (bicyclic) bond motifs is 1. The molecule has 1 N–H and O–H groups in total. The standard InChI is InChI=1S/C12H10ClN3OS/c13-10-4-3-9(18-10)12-15-8-2-1-5-14-11(8)16(12)6-7-17/h1-5,17H,6-7H2. The molecule has 18 heavy (non-hydrogen) atoms. The van der Waals surface area contributed by atoms with Gasteiger partial charge < -0.3 is 9.67 Å². The molecule has 0 amide bonds. The van der Waals surface area contributed by atoms with E-state index in [2.05, 4.69) is 9.97 Å². The maximum Gasteiger partial charge on any atom is 0.160 e. The van der Waals surface area contributed by atoms with Crippen molar-refractivity contribution in [3.63, 3.8) is 0 Å². The van der Waals surface area contributed by atoms with E-state index in [1.165, 1.54) is 11.3 Å². The third-order valence-electron chi connectivity index (χ3n) is 2.62. The summed E-state index contributed by atoms with van der Waals surface area (Å²) in [6.45, 7) is 0.520. The zero-order valence-electron chi connectivity index (χ0n) is 9.38. The third kappa shape index (κ3) is 1.90. The first kappa shape index (κ1) is 11.6. The van der Waals surface area contributed by atoms with Crippen LogP contribution < -0.4 is 0 Å². The van der Waals surface area contributed by atoms with Crippen LogP contribution in [0.15, 0.2) is 30.5 Å². The smallest absolute Gasteiger partial charge is 0.160 e. The van der Waals surface area contributed by atoms with E-state index in [0.29, 0.717) is 6.54 Å². The van der Waals surface area contributed by atoms with Crippen LogP contribution in [0.4, 0.5) is 0 Å². The minimum Gasteiger partial charge on any atom is -0.395 e. The molecule has 0 radical (unpaired) electrons. The fraction of sp³-hybridized carbons (Fsp3) is 0.167. The number of hydrogen-bond acceptors (Lipinski definition) is 4. The molecule has 0 fully saturated rings. The second-order valence-electron chi connectivity index (χ2n) is 3.76. The minimum absolute atomic E-state index is 0.0497. The first-order valence-corrected chi connectivity index (χ1v) is 6.67. The highest BCUT2D eigenvalue weighted by Crippen LogP contribution is 2.32. The van der Waals surface area contributed by atoms with Crippen molar-refractivity contribution in [2.75, 3.05) is 6.61 Å². The van der Waals surface area contributed by atoms with Gasteiger partial charge in [0, 0.05) is 12.7 Å². The molecule has 6 heteroatoms. The number of hydrogen-bond donors (Lipinski definition) is 1. The predicted molar refractivity (Wildman–Crippen MR) is 72.9 cm³/mol. The van der Waals surface area contributed by atoms with E-state index >= 15 is 0 Å². The van der Waals surface area contributed by atoms with Gasteiger partial charge in [0.2, 0.25) is 0 Å². The highest BCUT2D eigenvalue weighted by molar-refractivity contribution is 7.19. The number of imidazole rings is 1. The van der Waals surface area contributed by atoms with Crippen LogP contribution in [0.3, 0.4) is 0 Å². The second kappa shape index (κ2) is 4.68. The van der Waals surface area contributed by atoms with Crippen LogP contribution in [0.5, 0.6) is 0 Å². The Bertz CT molecular complexity index is 692. The van der Waals surface area contributed by atoms with Gasteiger partial charge >= 0.3 is 0 Å². The van der Waals surface area contributed by atoms with Crippen molar-refractivity contribution >= 4 is 34.1 Å². The molecule has 0 aromatic carbocycles. The normalized spacial score (nSPS) is 11.2. The van der Waals surface area contributed by atoms with E-state index in [9.17, 15) is 5.11 Å². The summed E-state index contributed by atoms with van der Waals surface area (Å²) in [7, 11) is 0. The number of aromatic nitrogens is 3. The quantitative estimate of drug-likeness (QED) is 0.802. The monoisotopic (exact) mass is 279 g/mol. The molecule has 0 aliphatic heterocycles. The Balaban J connectivity index is 2.24. The van der Waals surface area contributed by atoms with Crippen LogP contribution in [0, 0.1) is 0 Å². The Morgan fingerprint density at radius 2 is 2.22 bits per heavy atom. The maximum absolute atomic E-state index is 9.18. The fourth-order valence-corrected chi connectivity index (χ4v) is 2.93. The topological polar surface area (TPSA) is 50.9 Å². The number of thiophene rings is 1. The van der Waals surface area contributed by atoms with E-state index in [0.717, 1.165) is 26.2 Å². The van der Waals surface area contributed by atoms with Gasteiger partial charge in [0.05, 0.1) is 15.8 Å². The summed E-state index contributed by atoms with van der Waals surface area (Å²) >= 11 is 7.42. The molecule has 0 spiro atoms. The highest BCUT2D eigenvalue weighted by Gasteiger charge is 2.14. The number of aliphatic hydroxyl groups is 1. The number of halogens is 1. The van der Waals surface area contributed by atoms with Gasteiger partial charge in [0.1, 0.15) is 5.52 Å². The molecular weight excluding hydrogens is 270 g/mol. The van der Waals surface area contributed by atoms with Crippen molar-refractivity contribution in [3.8, 4) is 10.7 Å². The lowest BCUT2D eigenvalue weighted by Gasteiger charge is -2.04. The molecule has 3 rings (SSSR count). The lowest BCUT2D eigenvalue weighted by Crippen LogP contribution is -2.04. The molecule has 0 saturated carbocycles. The zero-order valence-corrected chi connectivity index (χ0v) is 10.9. The largest absolute Gasteiger partial charge is 0.395 e. The molecule has 92 valence electrons. The summed E-state index contributed by atoms with van der Waals surface area (Å²) < 4.78 is 2.64. The summed E-state index contributed by atoms with van der Waals surface area (Å²) in [6.07, 6.45) is 1.73. The van der Waals surface area contributed by atoms with Gasteiger partial charge in [0.15, 0.2) is 11.5 Å². The summed E-state index contributed by atoms with van der Waals surface area (Å²) in [5, 5.41) is 9.18. The summed E-state index contributed by atoms with van der Waals surface area (Å²) in [5.74, 6) is 0.801. The van der Waals surface area contributed by atoms with Gasteiger partial charge in [-0.25, -0.2) is 9.97 Å². The minimum atomic E-state index is 0.0497. The number of rotatable bonds is 3. The van der Waals surface area contributed by atoms with Crippen LogP contribution in [0.1, 0.15) is 0 Å². The Hall–Kier alpha value is -1.43. The number of pyridine rings is 1. The van der Waals surface area contributed by atoms with Crippen LogP contribution in [0.2, 0.25) is 4.34 Å². The van der Waals surface area contributed by atoms with Crippen molar-refractivity contribution in [2.24, 2.45) is 0 Å². The Kier molecular flexibility index (Phi) is 3.03. The van der Waals surface area contributed by atoms with E-state index < -0.39 is 0 Å². The fourth-order valence-electron chi connectivity index (χ4n) is 1.89. The van der Waals surface area contributed by atoms with Crippen LogP contribution >= 0.6 is 22.9 Å². The van der Waals surface area contributed by atoms with E-state index in [4.69, 9.17) is 11.6 Å². The van der Waals surface area contributed by atoms with Crippen LogP contribution in [0.25, 0.3) is 21.9 Å². The lowest BCUT2D eigenvalue weighted by atomic mass is 10.4. The molecule has 0 aliphatic rings. The SMILES string of the molecule is OCCn1c(-c2ccc(Cl)s2)nc2cccnc21. The third-order valence-corrected chi connectivity index (χ3v) is 3.85. The van der Waals surface area contributed by atoms with Gasteiger partial charge in [-0.3, -0.25) is 0 Å². The maximum atomic E-state index is 9.18. The predicted octanol–water partition coefficient (Wildman–Crippen LogP) is 2.81. The van der Waals surface area contributed by atoms with Crippen molar-refractivity contribution in [1.29, 1.82) is 0 Å². The van der Waals surface area contributed by atoms with E-state index in [1.807, 2.05) is 28.8 Å². The summed E-state index contributed by atoms with van der Waals surface area (Å²) in [4.78, 5) is 9.85. The molecule has 0 bridgehead atoms. The van der Waals surface area contributed by atoms with E-state index in [-0.39, 0.29) is 6.61 Å². The van der Waals surface area contributed by atoms with Gasteiger partial charge in [0.25, 0.3) is 0 Å². The zero-order chi connectivity index (χ0) is 12.5. The molecule has 3 aromatic rings. The first-order valence-electron chi connectivity index (χ1n) is 5.47. The van der Waals surface area contributed by atoms with Crippen molar-refractivity contribution in [2.45, 2.75) is 6.54 Å². The first-order chi connectivity index (χ1) is 8.79. The summed E-state index contributed by atoms with van der Waals surface area (Å²) in [5.41, 5.74) is 1.61. The van der Waals surface area contributed by atoms with E-state index in [1.54, 1.807) is 6.20 Å². The van der Waals surface area contributed by atoms with Crippen molar-refractivity contribution in [1.82, 2.24) is 14.5 Å². The Labute approximate surface area is 112 Å². The van der Waals surface area contributed by atoms with Gasteiger partial charge in [-0.2, -0.15) is 0 Å². The average molecular weight is 280 g/mol. The van der Waals surface area contributed by atoms with Crippen LogP contribution in [-0.4, -0.2) is 26.2 Å². The lowest BCUT2D eigenvalue weighted by molar-refractivity contribution is 0.278. The molecule has 0 saturated heterocycles. The van der Waals surface area contributed by atoms with Crippen LogP contribution in [-0.2, 0) is 6.54 Å². The summed E-state index contributed by atoms with van der Waals surface area (Å²) in [6, 6.07) is 7.54. The second-order valence-corrected chi connectivity index (χ2v) is 5.48. The molecule has 0 aliphatic carbocycles. The highest BCUT2D eigenvalue weighted by atomic mass is 35.5. The van der Waals surface area contributed by atoms with Crippen molar-refractivity contribution in [3.05, 3.63) is 34.8 Å². The molecule has 0 atom stereocenters. The average Bonchev–Trinajstić information content (AvgIpc) is 2.95. The molecule has 3 heterocycles.